The number of aliphatic hydroxyl groups is 1. The molecule has 0 spiro atoms. The highest BCUT2D eigenvalue weighted by atomic mass is 16.5. The van der Waals surface area contributed by atoms with Crippen molar-refractivity contribution in [1.82, 2.24) is 0 Å². The molecule has 0 radical (unpaired) electrons. The van der Waals surface area contributed by atoms with Crippen LogP contribution in [0.1, 0.15) is 43.4 Å². The number of carboxylic acid groups (broad SMARTS) is 1. The number of benzene rings is 2. The molecule has 0 fully saturated rings. The first-order valence-electron chi connectivity index (χ1n) is 9.58. The first kappa shape index (κ1) is 19.2. The fraction of sp³-hybridized carbons (Fsp3) is 0.304. The van der Waals surface area contributed by atoms with E-state index in [0.29, 0.717) is 35.4 Å². The number of carbonyl (C=O) groups is 2. The summed E-state index contributed by atoms with van der Waals surface area (Å²) in [5.41, 5.74) is 0.922. The summed E-state index contributed by atoms with van der Waals surface area (Å²) in [6.45, 7) is 3.99. The molecule has 3 N–H and O–H groups in total. The Bertz CT molecular complexity index is 1020. The molecule has 0 saturated carbocycles. The van der Waals surface area contributed by atoms with Crippen LogP contribution in [0.4, 0.5) is 10.5 Å². The summed E-state index contributed by atoms with van der Waals surface area (Å²) in [6.07, 6.45) is 0.202. The Balaban J connectivity index is 1.73. The summed E-state index contributed by atoms with van der Waals surface area (Å²) in [7, 11) is 0. The first-order chi connectivity index (χ1) is 13.7. The zero-order valence-electron chi connectivity index (χ0n) is 16.4. The fourth-order valence-corrected chi connectivity index (χ4v) is 4.08. The van der Waals surface area contributed by atoms with E-state index in [1.807, 2.05) is 26.0 Å². The van der Waals surface area contributed by atoms with Crippen molar-refractivity contribution in [2.24, 2.45) is 0 Å². The number of ketones is 1. The van der Waals surface area contributed by atoms with Gasteiger partial charge < -0.3 is 14.9 Å². The van der Waals surface area contributed by atoms with Crippen LogP contribution in [0, 0.1) is 0 Å². The molecule has 0 aromatic heterocycles. The van der Waals surface area contributed by atoms with Gasteiger partial charge in [0.15, 0.2) is 11.4 Å². The molecule has 2 aliphatic rings. The predicted molar refractivity (Wildman–Crippen MR) is 108 cm³/mol. The van der Waals surface area contributed by atoms with Crippen molar-refractivity contribution in [2.45, 2.75) is 44.3 Å². The Morgan fingerprint density at radius 3 is 2.52 bits per heavy atom. The molecule has 6 heteroatoms. The van der Waals surface area contributed by atoms with E-state index < -0.39 is 11.7 Å². The molecule has 150 valence electrons. The zero-order valence-corrected chi connectivity index (χ0v) is 16.4. The summed E-state index contributed by atoms with van der Waals surface area (Å²) in [5.74, 6) is 0.252. The van der Waals surface area contributed by atoms with Crippen LogP contribution in [0.5, 0.6) is 0 Å². The summed E-state index contributed by atoms with van der Waals surface area (Å²) < 4.78 is 6.15. The molecule has 1 atom stereocenters. The van der Waals surface area contributed by atoms with Crippen LogP contribution in [0.15, 0.2) is 54.1 Å². The number of carbonyl (C=O) groups excluding carboxylic acids is 1. The molecule has 0 saturated heterocycles. The van der Waals surface area contributed by atoms with Crippen LogP contribution >= 0.6 is 0 Å². The Labute approximate surface area is 168 Å². The maximum absolute atomic E-state index is 13.4. The lowest BCUT2D eigenvalue weighted by Gasteiger charge is -2.41. The molecule has 1 unspecified atom stereocenters. The Kier molecular flexibility index (Phi) is 4.46. The van der Waals surface area contributed by atoms with Gasteiger partial charge in [0.2, 0.25) is 0 Å². The van der Waals surface area contributed by atoms with Gasteiger partial charge in [-0.15, -0.1) is 0 Å². The van der Waals surface area contributed by atoms with Gasteiger partial charge in [0.05, 0.1) is 0 Å². The second kappa shape index (κ2) is 6.74. The SMILES string of the molecule is CC1(C)CCC2=C(O1)c1ccccc1C(O)(Cc1ccc(NC(=O)O)cc1)C2=O. The molecule has 1 aliphatic carbocycles. The summed E-state index contributed by atoms with van der Waals surface area (Å²) in [6, 6.07) is 14.0. The third-order valence-electron chi connectivity index (χ3n) is 5.56. The molecule has 2 aromatic carbocycles. The van der Waals surface area contributed by atoms with Crippen LogP contribution in [0.3, 0.4) is 0 Å². The molecule has 29 heavy (non-hydrogen) atoms. The summed E-state index contributed by atoms with van der Waals surface area (Å²) in [5, 5.41) is 22.7. The van der Waals surface area contributed by atoms with Crippen molar-refractivity contribution >= 4 is 23.3 Å². The Morgan fingerprint density at radius 2 is 1.83 bits per heavy atom. The van der Waals surface area contributed by atoms with E-state index in [-0.39, 0.29) is 17.8 Å². The molecular weight excluding hydrogens is 370 g/mol. The third kappa shape index (κ3) is 3.40. The molecule has 4 rings (SSSR count). The topological polar surface area (TPSA) is 95.9 Å². The van der Waals surface area contributed by atoms with Crippen LogP contribution in [0.2, 0.25) is 0 Å². The normalized spacial score (nSPS) is 22.4. The number of rotatable bonds is 3. The molecule has 1 heterocycles. The Morgan fingerprint density at radius 1 is 1.14 bits per heavy atom. The van der Waals surface area contributed by atoms with E-state index in [9.17, 15) is 14.7 Å². The van der Waals surface area contributed by atoms with Crippen molar-refractivity contribution in [3.8, 4) is 0 Å². The van der Waals surface area contributed by atoms with E-state index >= 15 is 0 Å². The average molecular weight is 393 g/mol. The molecule has 1 aliphatic heterocycles. The molecule has 0 bridgehead atoms. The first-order valence-corrected chi connectivity index (χ1v) is 9.58. The lowest BCUT2D eigenvalue weighted by Crippen LogP contribution is -2.45. The van der Waals surface area contributed by atoms with Crippen molar-refractivity contribution in [3.63, 3.8) is 0 Å². The van der Waals surface area contributed by atoms with Crippen LogP contribution in [-0.4, -0.2) is 27.7 Å². The van der Waals surface area contributed by atoms with E-state index in [0.717, 1.165) is 11.1 Å². The van der Waals surface area contributed by atoms with Gasteiger partial charge in [-0.1, -0.05) is 36.4 Å². The van der Waals surface area contributed by atoms with Crippen LogP contribution in [-0.2, 0) is 21.6 Å². The quantitative estimate of drug-likeness (QED) is 0.730. The van der Waals surface area contributed by atoms with Gasteiger partial charge >= 0.3 is 6.09 Å². The van der Waals surface area contributed by atoms with E-state index in [2.05, 4.69) is 5.32 Å². The number of ether oxygens (including phenoxy) is 1. The number of nitrogens with one attached hydrogen (secondary N) is 1. The highest BCUT2D eigenvalue weighted by molar-refractivity contribution is 6.10. The van der Waals surface area contributed by atoms with Gasteiger partial charge in [-0.3, -0.25) is 10.1 Å². The van der Waals surface area contributed by atoms with E-state index in [1.54, 1.807) is 36.4 Å². The van der Waals surface area contributed by atoms with E-state index in [1.165, 1.54) is 0 Å². The lowest BCUT2D eigenvalue weighted by atomic mass is 9.72. The van der Waals surface area contributed by atoms with Gasteiger partial charge in [-0.25, -0.2) is 4.79 Å². The molecule has 6 nitrogen and oxygen atoms in total. The number of Topliss-reactive ketones (excluding diaryl/α,β-unsaturated/α-hetero) is 1. The second-order valence-corrected chi connectivity index (χ2v) is 8.21. The number of hydrogen-bond donors (Lipinski definition) is 3. The largest absolute Gasteiger partial charge is 0.487 e. The van der Waals surface area contributed by atoms with Gasteiger partial charge in [0.25, 0.3) is 0 Å². The minimum Gasteiger partial charge on any atom is -0.487 e. The van der Waals surface area contributed by atoms with Crippen molar-refractivity contribution in [1.29, 1.82) is 0 Å². The molecular formula is C23H23NO5. The zero-order chi connectivity index (χ0) is 20.8. The van der Waals surface area contributed by atoms with Gasteiger partial charge in [-0.2, -0.15) is 0 Å². The second-order valence-electron chi connectivity index (χ2n) is 8.21. The minimum atomic E-state index is -1.69. The maximum Gasteiger partial charge on any atom is 0.409 e. The lowest BCUT2D eigenvalue weighted by molar-refractivity contribution is -0.135. The standard InChI is InChI=1S/C23H23NO5/c1-22(2)12-11-17-19(29-22)16-5-3-4-6-18(16)23(28,20(17)25)13-14-7-9-15(10-8-14)24-21(26)27/h3-10,24,28H,11-13H2,1-2H3,(H,26,27). The monoisotopic (exact) mass is 393 g/mol. The highest BCUT2D eigenvalue weighted by Crippen LogP contribution is 2.47. The number of amides is 1. The summed E-state index contributed by atoms with van der Waals surface area (Å²) in [4.78, 5) is 24.2. The summed E-state index contributed by atoms with van der Waals surface area (Å²) >= 11 is 0. The smallest absolute Gasteiger partial charge is 0.409 e. The van der Waals surface area contributed by atoms with Gasteiger partial charge in [-0.05, 0) is 44.4 Å². The third-order valence-corrected chi connectivity index (χ3v) is 5.56. The van der Waals surface area contributed by atoms with Crippen molar-refractivity contribution < 1.29 is 24.5 Å². The molecule has 1 amide bonds. The van der Waals surface area contributed by atoms with E-state index in [4.69, 9.17) is 9.84 Å². The Hall–Kier alpha value is -3.12. The maximum atomic E-state index is 13.4. The average Bonchev–Trinajstić information content (AvgIpc) is 2.67. The molecule has 2 aromatic rings. The highest BCUT2D eigenvalue weighted by Gasteiger charge is 2.48. The van der Waals surface area contributed by atoms with Crippen molar-refractivity contribution in [3.05, 3.63) is 70.8 Å². The van der Waals surface area contributed by atoms with Crippen LogP contribution < -0.4 is 5.32 Å². The number of fused-ring (bicyclic) bond motifs is 2. The number of anilines is 1. The van der Waals surface area contributed by atoms with Gasteiger partial charge in [0, 0.05) is 28.8 Å². The predicted octanol–water partition coefficient (Wildman–Crippen LogP) is 4.09. The number of hydrogen-bond acceptors (Lipinski definition) is 4. The van der Waals surface area contributed by atoms with Crippen LogP contribution in [0.25, 0.3) is 5.76 Å². The minimum absolute atomic E-state index is 0.0936. The fourth-order valence-electron chi connectivity index (χ4n) is 4.08. The van der Waals surface area contributed by atoms with Crippen molar-refractivity contribution in [2.75, 3.05) is 5.32 Å². The van der Waals surface area contributed by atoms with Gasteiger partial charge in [0.1, 0.15) is 11.4 Å².